The molecule has 13 rings (SSSR count). The normalized spacial score (nSPS) is 15.0. The molecule has 0 unspecified atom stereocenters. The van der Waals surface area contributed by atoms with Gasteiger partial charge in [0.05, 0.1) is 0 Å². The Hall–Kier alpha value is -7.62. The maximum atomic E-state index is 9.25. The van der Waals surface area contributed by atoms with Crippen molar-refractivity contribution in [1.82, 2.24) is 4.57 Å². The van der Waals surface area contributed by atoms with E-state index in [1.54, 1.807) is 0 Å². The molecule has 11 aromatic rings. The van der Waals surface area contributed by atoms with Gasteiger partial charge in [0.15, 0.2) is 0 Å². The summed E-state index contributed by atoms with van der Waals surface area (Å²) in [6.45, 7) is 13.0. The van der Waals surface area contributed by atoms with Crippen molar-refractivity contribution in [3.05, 3.63) is 235 Å². The Kier molecular flexibility index (Phi) is 8.19. The zero-order chi connectivity index (χ0) is 57.6. The molecule has 72 heavy (non-hydrogen) atoms. The second-order valence-electron chi connectivity index (χ2n) is 21.0. The maximum absolute atomic E-state index is 9.25. The van der Waals surface area contributed by atoms with E-state index in [-0.39, 0.29) is 61.1 Å². The molecular formula is C68H55BN2Se. The second kappa shape index (κ2) is 17.0. The molecule has 0 N–H and O–H groups in total. The molecule has 10 aromatic carbocycles. The minimum atomic E-state index is -0.545. The molecule has 4 heteroatoms. The summed E-state index contributed by atoms with van der Waals surface area (Å²) in [5, 5.41) is 2.33. The number of rotatable bonds is 6. The van der Waals surface area contributed by atoms with E-state index in [1.807, 2.05) is 72.8 Å². The van der Waals surface area contributed by atoms with Gasteiger partial charge in [0.25, 0.3) is 0 Å². The van der Waals surface area contributed by atoms with Crippen LogP contribution in [0.15, 0.2) is 224 Å². The number of anilines is 3. The van der Waals surface area contributed by atoms with Crippen molar-refractivity contribution in [1.29, 1.82) is 0 Å². The van der Waals surface area contributed by atoms with Crippen molar-refractivity contribution in [2.24, 2.45) is 0 Å². The summed E-state index contributed by atoms with van der Waals surface area (Å²) in [6, 6.07) is 53.6. The van der Waals surface area contributed by atoms with Gasteiger partial charge in [-0.25, -0.2) is 0 Å². The van der Waals surface area contributed by atoms with Gasteiger partial charge < -0.3 is 0 Å². The standard InChI is InChI=1S/C68H55BN2Se/c1-67(2,3)50-32-35-59-55(40-50)56-41-51(68(4,5)6)33-36-60(56)70(59)52-42-62-65-64(43-52)72-63-37-31-49(45-22-13-8-14-23-45)39-58(63)69(65)57-38-48(44-20-11-7-12-21-44)30-34-61(57)71(62)66-53(46-24-15-9-16-25-46)28-19-29-54(66)47-26-17-10-18-27-47/h7-43H,1-6H3/i7D,8D,11D,12D,13D,14D,20D,21D,22D,23D. The van der Waals surface area contributed by atoms with E-state index < -0.39 is 43.0 Å². The number of benzene rings is 10. The summed E-state index contributed by atoms with van der Waals surface area (Å²) >= 11 is -0.364. The van der Waals surface area contributed by atoms with Crippen molar-refractivity contribution >= 4 is 85.8 Å². The fraction of sp³-hybridized carbons (Fsp3) is 0.118. The number of para-hydroxylation sites is 1. The van der Waals surface area contributed by atoms with Crippen molar-refractivity contribution < 1.29 is 13.7 Å². The molecule has 0 fully saturated rings. The Balaban J connectivity index is 1.19. The topological polar surface area (TPSA) is 8.17 Å². The summed E-state index contributed by atoms with van der Waals surface area (Å²) in [5.41, 5.74) is 15.9. The van der Waals surface area contributed by atoms with E-state index >= 15 is 0 Å². The predicted octanol–water partition coefficient (Wildman–Crippen LogP) is 14.3. The Labute approximate surface area is 444 Å². The van der Waals surface area contributed by atoms with Gasteiger partial charge in [-0.05, 0) is 0 Å². The number of hydrogen-bond donors (Lipinski definition) is 0. The molecule has 346 valence electrons. The van der Waals surface area contributed by atoms with Crippen LogP contribution in [0.2, 0.25) is 0 Å². The Morgan fingerprint density at radius 3 is 1.50 bits per heavy atom. The first-order chi connectivity index (χ1) is 39.1. The Morgan fingerprint density at radius 2 is 0.958 bits per heavy atom. The number of nitrogens with zero attached hydrogens (tertiary/aromatic N) is 2. The van der Waals surface area contributed by atoms with Crippen molar-refractivity contribution in [3.8, 4) is 50.2 Å². The van der Waals surface area contributed by atoms with Crippen LogP contribution in [0.4, 0.5) is 17.1 Å². The molecule has 0 saturated carbocycles. The summed E-state index contributed by atoms with van der Waals surface area (Å²) in [7, 11) is 0. The van der Waals surface area contributed by atoms with Gasteiger partial charge in [-0.1, -0.05) is 0 Å². The van der Waals surface area contributed by atoms with Crippen molar-refractivity contribution in [2.75, 3.05) is 4.90 Å². The molecule has 0 saturated heterocycles. The van der Waals surface area contributed by atoms with E-state index in [4.69, 9.17) is 11.0 Å². The second-order valence-corrected chi connectivity index (χ2v) is 23.3. The molecule has 3 heterocycles. The van der Waals surface area contributed by atoms with E-state index in [9.17, 15) is 2.74 Å². The molecule has 2 nitrogen and oxygen atoms in total. The summed E-state index contributed by atoms with van der Waals surface area (Å²) in [4.78, 5) is 2.38. The third-order valence-electron chi connectivity index (χ3n) is 14.5. The summed E-state index contributed by atoms with van der Waals surface area (Å²) in [6.07, 6.45) is 0. The van der Waals surface area contributed by atoms with Crippen LogP contribution in [-0.4, -0.2) is 26.2 Å². The zero-order valence-electron chi connectivity index (χ0n) is 51.0. The SMILES string of the molecule is [2H]c1c([2H])c([2H])c(-c2ccc3c(c2)B2c4cc(-c5c([2H])c([2H])c([2H])c([2H])c5[2H])ccc4N(c4c(-c5ccccc5)cccc4-c4ccccc4)c4cc(-n5c6ccc(C(C)(C)C)cc6c6cc(C(C)(C)C)ccc65)cc(c42)[Se]3)c([2H])c1[2H]. The monoisotopic (exact) mass is 1000 g/mol. The van der Waals surface area contributed by atoms with Crippen LogP contribution >= 0.6 is 0 Å². The third-order valence-corrected chi connectivity index (χ3v) is 16.9. The molecule has 0 amide bonds. The molecule has 0 radical (unpaired) electrons. The van der Waals surface area contributed by atoms with Gasteiger partial charge in [-0.15, -0.1) is 0 Å². The summed E-state index contributed by atoms with van der Waals surface area (Å²) < 4.78 is 93.3. The molecule has 0 spiro atoms. The van der Waals surface area contributed by atoms with Gasteiger partial charge >= 0.3 is 447 Å². The van der Waals surface area contributed by atoms with Crippen LogP contribution in [0.3, 0.4) is 0 Å². The molecule has 0 atom stereocenters. The minimum absolute atomic E-state index is 0.0834. The van der Waals surface area contributed by atoms with Gasteiger partial charge in [0, 0.05) is 0 Å². The first kappa shape index (κ1) is 34.7. The van der Waals surface area contributed by atoms with E-state index in [0.717, 1.165) is 92.1 Å². The van der Waals surface area contributed by atoms with Crippen LogP contribution in [0.5, 0.6) is 0 Å². The first-order valence-corrected chi connectivity index (χ1v) is 26.3. The van der Waals surface area contributed by atoms with Crippen molar-refractivity contribution in [2.45, 2.75) is 52.4 Å². The molecule has 2 aliphatic rings. The van der Waals surface area contributed by atoms with Crippen LogP contribution in [0, 0.1) is 0 Å². The average molecular weight is 1000 g/mol. The van der Waals surface area contributed by atoms with Crippen LogP contribution in [0.25, 0.3) is 72.0 Å². The van der Waals surface area contributed by atoms with E-state index in [1.165, 1.54) is 11.1 Å². The van der Waals surface area contributed by atoms with Crippen LogP contribution < -0.4 is 30.2 Å². The Bertz CT molecular complexity index is 4340. The third kappa shape index (κ3) is 7.39. The molecule has 1 aromatic heterocycles. The van der Waals surface area contributed by atoms with E-state index in [2.05, 4.69) is 142 Å². The quantitative estimate of drug-likeness (QED) is 0.151. The fourth-order valence-electron chi connectivity index (χ4n) is 10.9. The number of aromatic nitrogens is 1. The van der Waals surface area contributed by atoms with Gasteiger partial charge in [0.2, 0.25) is 0 Å². The van der Waals surface area contributed by atoms with Crippen LogP contribution in [0.1, 0.15) is 66.4 Å². The van der Waals surface area contributed by atoms with Crippen molar-refractivity contribution in [3.63, 3.8) is 0 Å². The first-order valence-electron chi connectivity index (χ1n) is 29.5. The Morgan fingerprint density at radius 1 is 0.431 bits per heavy atom. The van der Waals surface area contributed by atoms with Gasteiger partial charge in [0.1, 0.15) is 0 Å². The van der Waals surface area contributed by atoms with Crippen LogP contribution in [-0.2, 0) is 10.8 Å². The average Bonchev–Trinajstić information content (AvgIpc) is 1.41. The molecule has 0 aliphatic carbocycles. The molecule has 2 aliphatic heterocycles. The fourth-order valence-corrected chi connectivity index (χ4v) is 13.4. The molecule has 0 bridgehead atoms. The molecular weight excluding hydrogens is 935 g/mol. The van der Waals surface area contributed by atoms with Gasteiger partial charge in [-0.3, -0.25) is 0 Å². The number of hydrogen-bond acceptors (Lipinski definition) is 1. The van der Waals surface area contributed by atoms with Gasteiger partial charge in [-0.2, -0.15) is 0 Å². The number of fused-ring (bicyclic) bond motifs is 7. The zero-order valence-corrected chi connectivity index (χ0v) is 42.7. The summed E-state index contributed by atoms with van der Waals surface area (Å²) in [5.74, 6) is 0. The van der Waals surface area contributed by atoms with E-state index in [0.29, 0.717) is 11.1 Å². The predicted molar refractivity (Wildman–Crippen MR) is 311 cm³/mol.